The maximum Gasteiger partial charge on any atom is 0.310 e. The third-order valence-corrected chi connectivity index (χ3v) is 4.33. The summed E-state index contributed by atoms with van der Waals surface area (Å²) in [5.41, 5.74) is 5.11. The molecule has 1 aromatic heterocycles. The van der Waals surface area contributed by atoms with Gasteiger partial charge >= 0.3 is 5.97 Å². The van der Waals surface area contributed by atoms with Crippen molar-refractivity contribution in [2.75, 3.05) is 7.05 Å². The molecule has 0 spiro atoms. The van der Waals surface area contributed by atoms with Crippen LogP contribution in [0, 0.1) is 0 Å². The fourth-order valence-corrected chi connectivity index (χ4v) is 3.46. The van der Waals surface area contributed by atoms with Crippen LogP contribution < -0.4 is 0 Å². The largest absolute Gasteiger partial charge is 0.463 e. The summed E-state index contributed by atoms with van der Waals surface area (Å²) in [7, 11) is 2.14. The number of aryl methyl sites for hydroxylation is 1. The van der Waals surface area contributed by atoms with Crippen molar-refractivity contribution in [2.45, 2.75) is 59.4 Å². The van der Waals surface area contributed by atoms with Gasteiger partial charge in [-0.3, -0.25) is 9.69 Å². The molecule has 3 rings (SSSR count). The first-order valence-electron chi connectivity index (χ1n) is 8.49. The molecule has 4 heteroatoms. The fourth-order valence-electron chi connectivity index (χ4n) is 3.46. The van der Waals surface area contributed by atoms with Gasteiger partial charge in [0.1, 0.15) is 0 Å². The Morgan fingerprint density at radius 3 is 2.61 bits per heavy atom. The number of rotatable bonds is 5. The van der Waals surface area contributed by atoms with Crippen molar-refractivity contribution in [1.29, 1.82) is 0 Å². The molecule has 0 aliphatic carbocycles. The summed E-state index contributed by atoms with van der Waals surface area (Å²) < 4.78 is 7.61. The third-order valence-electron chi connectivity index (χ3n) is 4.33. The summed E-state index contributed by atoms with van der Waals surface area (Å²) >= 11 is 0. The van der Waals surface area contributed by atoms with Crippen LogP contribution >= 0.6 is 0 Å². The lowest BCUT2D eigenvalue weighted by Gasteiger charge is -2.07. The van der Waals surface area contributed by atoms with Crippen molar-refractivity contribution in [1.82, 2.24) is 9.47 Å². The first-order valence-corrected chi connectivity index (χ1v) is 8.49. The Morgan fingerprint density at radius 2 is 1.96 bits per heavy atom. The molecule has 0 amide bonds. The number of hydrogen-bond donors (Lipinski definition) is 0. The van der Waals surface area contributed by atoms with Crippen molar-refractivity contribution in [3.05, 3.63) is 35.0 Å². The molecule has 0 bridgehead atoms. The molecule has 4 nitrogen and oxygen atoms in total. The summed E-state index contributed by atoms with van der Waals surface area (Å²) in [5.74, 6) is -0.145. The summed E-state index contributed by atoms with van der Waals surface area (Å²) in [6, 6.07) is 4.58. The van der Waals surface area contributed by atoms with Crippen molar-refractivity contribution in [2.24, 2.45) is 0 Å². The average Bonchev–Trinajstić information content (AvgIpc) is 2.96. The minimum Gasteiger partial charge on any atom is -0.463 e. The van der Waals surface area contributed by atoms with Gasteiger partial charge in [0.05, 0.1) is 12.5 Å². The van der Waals surface area contributed by atoms with Gasteiger partial charge in [-0.1, -0.05) is 6.92 Å². The number of hydrogen-bond acceptors (Lipinski definition) is 3. The van der Waals surface area contributed by atoms with Gasteiger partial charge < -0.3 is 9.30 Å². The molecule has 0 radical (unpaired) electrons. The molecule has 1 aliphatic heterocycles. The molecular formula is C19H26N2O2. The van der Waals surface area contributed by atoms with E-state index in [0.717, 1.165) is 31.6 Å². The van der Waals surface area contributed by atoms with Crippen molar-refractivity contribution in [3.8, 4) is 0 Å². The summed E-state index contributed by atoms with van der Waals surface area (Å²) in [4.78, 5) is 14.4. The van der Waals surface area contributed by atoms with Gasteiger partial charge in [0.25, 0.3) is 0 Å². The van der Waals surface area contributed by atoms with Crippen LogP contribution in [0.4, 0.5) is 0 Å². The van der Waals surface area contributed by atoms with Gasteiger partial charge in [0.2, 0.25) is 0 Å². The van der Waals surface area contributed by atoms with Crippen LogP contribution in [0.1, 0.15) is 43.9 Å². The Kier molecular flexibility index (Phi) is 4.44. The second kappa shape index (κ2) is 6.36. The van der Waals surface area contributed by atoms with Crippen LogP contribution in [-0.2, 0) is 35.6 Å². The number of nitrogens with zero attached hydrogens (tertiary/aromatic N) is 2. The second-order valence-electron chi connectivity index (χ2n) is 6.87. The quantitative estimate of drug-likeness (QED) is 0.792. The number of ether oxygens (including phenoxy) is 1. The zero-order valence-electron chi connectivity index (χ0n) is 14.6. The van der Waals surface area contributed by atoms with E-state index in [-0.39, 0.29) is 12.1 Å². The normalized spacial score (nSPS) is 14.7. The van der Waals surface area contributed by atoms with Gasteiger partial charge in [-0.05, 0) is 56.1 Å². The zero-order valence-corrected chi connectivity index (χ0v) is 14.6. The Labute approximate surface area is 138 Å². The standard InChI is InChI=1S/C19H26N2O2/c1-5-6-21-12-16(9-19(22)23-13(2)3)17-7-14-10-20(4)11-15(14)8-18(17)21/h7-8,12-13H,5-6,9-11H2,1-4H3. The van der Waals surface area contributed by atoms with E-state index in [0.29, 0.717) is 6.42 Å². The van der Waals surface area contributed by atoms with Crippen LogP contribution in [0.15, 0.2) is 18.3 Å². The van der Waals surface area contributed by atoms with E-state index >= 15 is 0 Å². The number of fused-ring (bicyclic) bond motifs is 2. The van der Waals surface area contributed by atoms with E-state index in [4.69, 9.17) is 4.74 Å². The second-order valence-corrected chi connectivity index (χ2v) is 6.87. The molecule has 0 unspecified atom stereocenters. The molecule has 124 valence electrons. The maximum absolute atomic E-state index is 12.1. The number of carbonyl (C=O) groups excluding carboxylic acids is 1. The number of aromatic nitrogens is 1. The molecule has 0 atom stereocenters. The smallest absolute Gasteiger partial charge is 0.310 e. The lowest BCUT2D eigenvalue weighted by molar-refractivity contribution is -0.146. The SMILES string of the molecule is CCCn1cc(CC(=O)OC(C)C)c2cc3c(cc21)CN(C)C3. The molecule has 0 fully saturated rings. The van der Waals surface area contributed by atoms with Gasteiger partial charge in [-0.15, -0.1) is 0 Å². The van der Waals surface area contributed by atoms with Gasteiger partial charge in [-0.25, -0.2) is 0 Å². The summed E-state index contributed by atoms with van der Waals surface area (Å²) in [6.07, 6.45) is 3.50. The van der Waals surface area contributed by atoms with Crippen LogP contribution in [0.3, 0.4) is 0 Å². The molecule has 0 saturated heterocycles. The van der Waals surface area contributed by atoms with E-state index in [2.05, 4.69) is 41.8 Å². The Balaban J connectivity index is 2.00. The van der Waals surface area contributed by atoms with E-state index in [1.807, 2.05) is 13.8 Å². The third kappa shape index (κ3) is 3.27. The number of esters is 1. The first kappa shape index (κ1) is 16.1. The van der Waals surface area contributed by atoms with Crippen LogP contribution in [0.25, 0.3) is 10.9 Å². The maximum atomic E-state index is 12.1. The Morgan fingerprint density at radius 1 is 1.26 bits per heavy atom. The Bertz CT molecular complexity index is 731. The highest BCUT2D eigenvalue weighted by molar-refractivity contribution is 5.89. The molecular weight excluding hydrogens is 288 g/mol. The fraction of sp³-hybridized carbons (Fsp3) is 0.526. The zero-order chi connectivity index (χ0) is 16.6. The summed E-state index contributed by atoms with van der Waals surface area (Å²) in [5, 5.41) is 1.20. The lowest BCUT2D eigenvalue weighted by Crippen LogP contribution is -2.13. The predicted octanol–water partition coefficient (Wildman–Crippen LogP) is 3.49. The van der Waals surface area contributed by atoms with Gasteiger partial charge in [0.15, 0.2) is 0 Å². The molecule has 1 aromatic carbocycles. The van der Waals surface area contributed by atoms with Gasteiger partial charge in [-0.2, -0.15) is 0 Å². The molecule has 2 heterocycles. The monoisotopic (exact) mass is 314 g/mol. The Hall–Kier alpha value is -1.81. The highest BCUT2D eigenvalue weighted by Gasteiger charge is 2.20. The molecule has 0 saturated carbocycles. The van der Waals surface area contributed by atoms with E-state index in [9.17, 15) is 4.79 Å². The summed E-state index contributed by atoms with van der Waals surface area (Å²) in [6.45, 7) is 8.93. The molecule has 0 N–H and O–H groups in total. The van der Waals surface area contributed by atoms with E-state index in [1.54, 1.807) is 0 Å². The van der Waals surface area contributed by atoms with Gasteiger partial charge in [0, 0.05) is 36.7 Å². The topological polar surface area (TPSA) is 34.5 Å². The average molecular weight is 314 g/mol. The number of carbonyl (C=O) groups is 1. The highest BCUT2D eigenvalue weighted by atomic mass is 16.5. The van der Waals surface area contributed by atoms with Crippen molar-refractivity contribution in [3.63, 3.8) is 0 Å². The minimum atomic E-state index is -0.145. The number of benzene rings is 1. The minimum absolute atomic E-state index is 0.0654. The predicted molar refractivity (Wildman–Crippen MR) is 92.3 cm³/mol. The van der Waals surface area contributed by atoms with Crippen LogP contribution in [-0.4, -0.2) is 28.6 Å². The lowest BCUT2D eigenvalue weighted by atomic mass is 10.0. The molecule has 1 aliphatic rings. The molecule has 23 heavy (non-hydrogen) atoms. The van der Waals surface area contributed by atoms with Crippen molar-refractivity contribution < 1.29 is 9.53 Å². The van der Waals surface area contributed by atoms with Crippen LogP contribution in [0.5, 0.6) is 0 Å². The van der Waals surface area contributed by atoms with E-state index < -0.39 is 0 Å². The molecule has 2 aromatic rings. The van der Waals surface area contributed by atoms with E-state index in [1.165, 1.54) is 22.0 Å². The first-order chi connectivity index (χ1) is 11.0. The van der Waals surface area contributed by atoms with Crippen molar-refractivity contribution >= 4 is 16.9 Å². The van der Waals surface area contributed by atoms with Crippen LogP contribution in [0.2, 0.25) is 0 Å². The highest BCUT2D eigenvalue weighted by Crippen LogP contribution is 2.30.